The van der Waals surface area contributed by atoms with E-state index in [1.54, 1.807) is 22.7 Å². The maximum absolute atomic E-state index is 11.4. The zero-order chi connectivity index (χ0) is 14.5. The molecule has 1 unspecified atom stereocenters. The highest BCUT2D eigenvalue weighted by Gasteiger charge is 2.16. The molecule has 0 fully saturated rings. The Labute approximate surface area is 127 Å². The van der Waals surface area contributed by atoms with Crippen molar-refractivity contribution < 1.29 is 9.53 Å². The van der Waals surface area contributed by atoms with Gasteiger partial charge in [-0.1, -0.05) is 6.92 Å². The van der Waals surface area contributed by atoms with E-state index < -0.39 is 0 Å². The van der Waals surface area contributed by atoms with Gasteiger partial charge < -0.3 is 4.74 Å². The van der Waals surface area contributed by atoms with Gasteiger partial charge in [-0.05, 0) is 18.5 Å². The third-order valence-corrected chi connectivity index (χ3v) is 4.56. The van der Waals surface area contributed by atoms with Crippen molar-refractivity contribution in [2.24, 2.45) is 5.92 Å². The Bertz CT molecular complexity index is 551. The van der Waals surface area contributed by atoms with Crippen LogP contribution < -0.4 is 0 Å². The summed E-state index contributed by atoms with van der Waals surface area (Å²) in [5.41, 5.74) is 2.22. The molecule has 1 atom stereocenters. The topological polar surface area (TPSA) is 42.4 Å². The second-order valence-corrected chi connectivity index (χ2v) is 6.42. The van der Waals surface area contributed by atoms with Gasteiger partial charge in [-0.15, -0.1) is 11.3 Å². The SMILES string of the molecule is COC(=O)C(C)CN(C)Cc1csc(-c2ccsc2)n1. The standard InChI is InChI=1S/C14H18N2O2S2/c1-10(14(17)18-3)6-16(2)7-12-9-20-13(15-12)11-4-5-19-8-11/h4-5,8-10H,6-7H2,1-3H3. The van der Waals surface area contributed by atoms with Crippen LogP contribution in [0.3, 0.4) is 0 Å². The molecule has 0 amide bonds. The lowest BCUT2D eigenvalue weighted by Crippen LogP contribution is -2.29. The van der Waals surface area contributed by atoms with Crippen molar-refractivity contribution in [2.75, 3.05) is 20.7 Å². The quantitative estimate of drug-likeness (QED) is 0.769. The minimum absolute atomic E-state index is 0.125. The monoisotopic (exact) mass is 310 g/mol. The predicted octanol–water partition coefficient (Wildman–Crippen LogP) is 3.11. The lowest BCUT2D eigenvalue weighted by Gasteiger charge is -2.18. The number of hydrogen-bond donors (Lipinski definition) is 0. The molecule has 0 aliphatic heterocycles. The third kappa shape index (κ3) is 3.88. The summed E-state index contributed by atoms with van der Waals surface area (Å²) in [4.78, 5) is 18.1. The van der Waals surface area contributed by atoms with Crippen LogP contribution in [0, 0.1) is 5.92 Å². The van der Waals surface area contributed by atoms with E-state index in [1.165, 1.54) is 12.7 Å². The number of methoxy groups -OCH3 is 1. The van der Waals surface area contributed by atoms with Crippen molar-refractivity contribution in [2.45, 2.75) is 13.5 Å². The lowest BCUT2D eigenvalue weighted by molar-refractivity contribution is -0.145. The van der Waals surface area contributed by atoms with Crippen LogP contribution in [-0.4, -0.2) is 36.6 Å². The maximum Gasteiger partial charge on any atom is 0.309 e. The van der Waals surface area contributed by atoms with Crippen molar-refractivity contribution >= 4 is 28.6 Å². The fourth-order valence-corrected chi connectivity index (χ4v) is 3.51. The molecular formula is C14H18N2O2S2. The highest BCUT2D eigenvalue weighted by atomic mass is 32.1. The van der Waals surface area contributed by atoms with Gasteiger partial charge in [0.05, 0.1) is 18.7 Å². The fourth-order valence-electron chi connectivity index (χ4n) is 1.98. The number of ether oxygens (including phenoxy) is 1. The molecule has 0 spiro atoms. The molecule has 6 heteroatoms. The molecule has 108 valence electrons. The van der Waals surface area contributed by atoms with E-state index in [0.29, 0.717) is 6.54 Å². The zero-order valence-corrected chi connectivity index (χ0v) is 13.5. The molecule has 2 heterocycles. The van der Waals surface area contributed by atoms with Gasteiger partial charge in [0.1, 0.15) is 5.01 Å². The number of nitrogens with zero attached hydrogens (tertiary/aromatic N) is 2. The van der Waals surface area contributed by atoms with Crippen molar-refractivity contribution in [3.63, 3.8) is 0 Å². The van der Waals surface area contributed by atoms with Crippen molar-refractivity contribution in [1.82, 2.24) is 9.88 Å². The smallest absolute Gasteiger partial charge is 0.309 e. The molecule has 0 aliphatic rings. The van der Waals surface area contributed by atoms with Gasteiger partial charge in [0.2, 0.25) is 0 Å². The first-order valence-electron chi connectivity index (χ1n) is 6.33. The van der Waals surface area contributed by atoms with Crippen LogP contribution in [0.15, 0.2) is 22.2 Å². The van der Waals surface area contributed by atoms with E-state index in [-0.39, 0.29) is 11.9 Å². The molecule has 0 saturated heterocycles. The number of carbonyl (C=O) groups excluding carboxylic acids is 1. The Morgan fingerprint density at radius 3 is 2.95 bits per heavy atom. The molecule has 4 nitrogen and oxygen atoms in total. The Kier molecular flexibility index (Phi) is 5.28. The molecule has 0 aromatic carbocycles. The molecule has 0 aliphatic carbocycles. The van der Waals surface area contributed by atoms with Crippen LogP contribution in [-0.2, 0) is 16.1 Å². The van der Waals surface area contributed by atoms with Gasteiger partial charge in [-0.3, -0.25) is 9.69 Å². The Morgan fingerprint density at radius 1 is 1.50 bits per heavy atom. The van der Waals surface area contributed by atoms with Crippen molar-refractivity contribution in [1.29, 1.82) is 0 Å². The molecule has 0 N–H and O–H groups in total. The number of thiophene rings is 1. The summed E-state index contributed by atoms with van der Waals surface area (Å²) in [7, 11) is 3.41. The lowest BCUT2D eigenvalue weighted by atomic mass is 10.2. The van der Waals surface area contributed by atoms with Gasteiger partial charge in [-0.2, -0.15) is 11.3 Å². The number of hydrogen-bond acceptors (Lipinski definition) is 6. The van der Waals surface area contributed by atoms with Crippen LogP contribution in [0.2, 0.25) is 0 Å². The van der Waals surface area contributed by atoms with Crippen LogP contribution >= 0.6 is 22.7 Å². The average molecular weight is 310 g/mol. The molecule has 2 aromatic rings. The summed E-state index contributed by atoms with van der Waals surface area (Å²) in [5.74, 6) is -0.297. The van der Waals surface area contributed by atoms with Gasteiger partial charge >= 0.3 is 5.97 Å². The molecule has 0 radical (unpaired) electrons. The Balaban J connectivity index is 1.92. The van der Waals surface area contributed by atoms with Gasteiger partial charge in [-0.25, -0.2) is 4.98 Å². The number of rotatable bonds is 6. The minimum atomic E-state index is -0.172. The van der Waals surface area contributed by atoms with E-state index in [0.717, 1.165) is 17.2 Å². The first-order chi connectivity index (χ1) is 9.60. The van der Waals surface area contributed by atoms with E-state index in [4.69, 9.17) is 4.74 Å². The fraction of sp³-hybridized carbons (Fsp3) is 0.429. The molecule has 2 rings (SSSR count). The van der Waals surface area contributed by atoms with Gasteiger partial charge in [0, 0.05) is 29.4 Å². The van der Waals surface area contributed by atoms with Gasteiger partial charge in [0.25, 0.3) is 0 Å². The number of esters is 1. The third-order valence-electron chi connectivity index (χ3n) is 2.94. The first-order valence-corrected chi connectivity index (χ1v) is 8.15. The molecule has 2 aromatic heterocycles. The van der Waals surface area contributed by atoms with Crippen LogP contribution in [0.1, 0.15) is 12.6 Å². The van der Waals surface area contributed by atoms with Crippen LogP contribution in [0.5, 0.6) is 0 Å². The van der Waals surface area contributed by atoms with Crippen LogP contribution in [0.4, 0.5) is 0 Å². The van der Waals surface area contributed by atoms with E-state index in [2.05, 4.69) is 32.1 Å². The zero-order valence-electron chi connectivity index (χ0n) is 11.8. The summed E-state index contributed by atoms with van der Waals surface area (Å²) in [6.07, 6.45) is 0. The predicted molar refractivity (Wildman–Crippen MR) is 82.9 cm³/mol. The Hall–Kier alpha value is -1.24. The number of thiazole rings is 1. The summed E-state index contributed by atoms with van der Waals surface area (Å²) < 4.78 is 4.74. The average Bonchev–Trinajstić information content (AvgIpc) is 3.07. The second kappa shape index (κ2) is 6.97. The van der Waals surface area contributed by atoms with E-state index in [1.807, 2.05) is 14.0 Å². The minimum Gasteiger partial charge on any atom is -0.469 e. The number of carbonyl (C=O) groups is 1. The number of aromatic nitrogens is 1. The van der Waals surface area contributed by atoms with Gasteiger partial charge in [0.15, 0.2) is 0 Å². The maximum atomic E-state index is 11.4. The summed E-state index contributed by atoms with van der Waals surface area (Å²) in [5, 5.41) is 7.29. The molecule has 0 saturated carbocycles. The second-order valence-electron chi connectivity index (χ2n) is 4.78. The highest BCUT2D eigenvalue weighted by molar-refractivity contribution is 7.14. The largest absolute Gasteiger partial charge is 0.469 e. The van der Waals surface area contributed by atoms with E-state index >= 15 is 0 Å². The molecule has 0 bridgehead atoms. The van der Waals surface area contributed by atoms with Crippen LogP contribution in [0.25, 0.3) is 10.6 Å². The molecule has 20 heavy (non-hydrogen) atoms. The summed E-state index contributed by atoms with van der Waals surface area (Å²) in [6, 6.07) is 2.08. The first kappa shape index (κ1) is 15.2. The van der Waals surface area contributed by atoms with Crippen molar-refractivity contribution in [3.05, 3.63) is 27.9 Å². The summed E-state index contributed by atoms with van der Waals surface area (Å²) >= 11 is 3.33. The Morgan fingerprint density at radius 2 is 2.30 bits per heavy atom. The molecular weight excluding hydrogens is 292 g/mol. The normalized spacial score (nSPS) is 12.6. The van der Waals surface area contributed by atoms with E-state index in [9.17, 15) is 4.79 Å². The summed E-state index contributed by atoms with van der Waals surface area (Å²) in [6.45, 7) is 3.28. The highest BCUT2D eigenvalue weighted by Crippen LogP contribution is 2.26. The van der Waals surface area contributed by atoms with Crippen molar-refractivity contribution in [3.8, 4) is 10.6 Å².